The van der Waals surface area contributed by atoms with E-state index in [2.05, 4.69) is 10.2 Å². The lowest BCUT2D eigenvalue weighted by molar-refractivity contribution is -0.309. The molecule has 0 bridgehead atoms. The first-order valence-electron chi connectivity index (χ1n) is 4.49. The Morgan fingerprint density at radius 1 is 1.46 bits per heavy atom. The molecular weight excluding hydrogens is 172 g/mol. The van der Waals surface area contributed by atoms with Crippen molar-refractivity contribution in [2.45, 2.75) is 0 Å². The second-order valence-electron chi connectivity index (χ2n) is 3.02. The second-order valence-corrected chi connectivity index (χ2v) is 3.02. The fourth-order valence-corrected chi connectivity index (χ4v) is 1.28. The second kappa shape index (κ2) is 5.90. The highest BCUT2D eigenvalue weighted by molar-refractivity contribution is 5.65. The number of nitrogens with zero attached hydrogens (tertiary/aromatic N) is 1. The van der Waals surface area contributed by atoms with Gasteiger partial charge in [-0.3, -0.25) is 4.90 Å². The molecule has 0 atom stereocenters. The standard InChI is InChI=1S/C8H16N2O3/c11-8(12)7-13-6-5-10-3-1-9-2-4-10/h9H,1-7H2,(H,11,12)/p-1. The van der Waals surface area contributed by atoms with Crippen molar-refractivity contribution in [3.05, 3.63) is 0 Å². The maximum Gasteiger partial charge on any atom is 0.0861 e. The Morgan fingerprint density at radius 2 is 2.15 bits per heavy atom. The predicted molar refractivity (Wildman–Crippen MR) is 45.1 cm³/mol. The van der Waals surface area contributed by atoms with Crippen molar-refractivity contribution in [1.29, 1.82) is 0 Å². The van der Waals surface area contributed by atoms with Crippen LogP contribution in [0.4, 0.5) is 0 Å². The van der Waals surface area contributed by atoms with Crippen LogP contribution in [0.25, 0.3) is 0 Å². The van der Waals surface area contributed by atoms with Crippen molar-refractivity contribution in [3.63, 3.8) is 0 Å². The third kappa shape index (κ3) is 4.82. The number of carbonyl (C=O) groups is 1. The van der Waals surface area contributed by atoms with Crippen LogP contribution < -0.4 is 10.4 Å². The number of aliphatic carboxylic acids is 1. The highest BCUT2D eigenvalue weighted by Crippen LogP contribution is 1.91. The van der Waals surface area contributed by atoms with Crippen LogP contribution in [0.15, 0.2) is 0 Å². The molecule has 0 aromatic heterocycles. The van der Waals surface area contributed by atoms with Crippen molar-refractivity contribution in [2.24, 2.45) is 0 Å². The number of hydrogen-bond donors (Lipinski definition) is 1. The Kier molecular flexibility index (Phi) is 4.74. The Labute approximate surface area is 77.7 Å². The SMILES string of the molecule is O=C([O-])COCCN1CCNCC1. The molecule has 0 aromatic carbocycles. The van der Waals surface area contributed by atoms with E-state index in [0.717, 1.165) is 32.7 Å². The minimum absolute atomic E-state index is 0.300. The monoisotopic (exact) mass is 187 g/mol. The van der Waals surface area contributed by atoms with Crippen LogP contribution in [0.3, 0.4) is 0 Å². The largest absolute Gasteiger partial charge is 0.548 e. The number of hydrogen-bond acceptors (Lipinski definition) is 5. The number of carbonyl (C=O) groups excluding carboxylic acids is 1. The molecule has 0 radical (unpaired) electrons. The Balaban J connectivity index is 1.95. The van der Waals surface area contributed by atoms with Gasteiger partial charge in [-0.05, 0) is 0 Å². The van der Waals surface area contributed by atoms with E-state index in [1.54, 1.807) is 0 Å². The van der Waals surface area contributed by atoms with Crippen molar-refractivity contribution >= 4 is 5.97 Å². The van der Waals surface area contributed by atoms with Gasteiger partial charge in [0.15, 0.2) is 0 Å². The summed E-state index contributed by atoms with van der Waals surface area (Å²) in [5, 5.41) is 13.2. The van der Waals surface area contributed by atoms with E-state index in [4.69, 9.17) is 4.74 Å². The Hall–Kier alpha value is -0.650. The number of ether oxygens (including phenoxy) is 1. The number of piperazine rings is 1. The molecule has 1 fully saturated rings. The molecule has 5 nitrogen and oxygen atoms in total. The van der Waals surface area contributed by atoms with Crippen LogP contribution in [0.5, 0.6) is 0 Å². The van der Waals surface area contributed by atoms with E-state index >= 15 is 0 Å². The van der Waals surface area contributed by atoms with Crippen molar-refractivity contribution in [2.75, 3.05) is 45.9 Å². The van der Waals surface area contributed by atoms with E-state index in [1.165, 1.54) is 0 Å². The van der Waals surface area contributed by atoms with Gasteiger partial charge in [0.2, 0.25) is 0 Å². The first-order chi connectivity index (χ1) is 6.29. The van der Waals surface area contributed by atoms with Crippen LogP contribution in [0.2, 0.25) is 0 Å². The highest BCUT2D eigenvalue weighted by Gasteiger charge is 2.07. The average molecular weight is 187 g/mol. The van der Waals surface area contributed by atoms with Gasteiger partial charge in [0.1, 0.15) is 0 Å². The molecule has 76 valence electrons. The molecule has 5 heteroatoms. The van der Waals surface area contributed by atoms with Crippen LogP contribution in [-0.4, -0.2) is 56.8 Å². The molecule has 0 amide bonds. The van der Waals surface area contributed by atoms with Crippen LogP contribution in [-0.2, 0) is 9.53 Å². The summed E-state index contributed by atoms with van der Waals surface area (Å²) in [5.74, 6) is -1.15. The van der Waals surface area contributed by atoms with Crippen LogP contribution in [0, 0.1) is 0 Å². The number of nitrogens with one attached hydrogen (secondary N) is 1. The molecule has 1 rings (SSSR count). The summed E-state index contributed by atoms with van der Waals surface area (Å²) in [4.78, 5) is 12.2. The smallest absolute Gasteiger partial charge is 0.0861 e. The van der Waals surface area contributed by atoms with Gasteiger partial charge in [-0.25, -0.2) is 0 Å². The topological polar surface area (TPSA) is 64.6 Å². The molecule has 1 heterocycles. The fourth-order valence-electron chi connectivity index (χ4n) is 1.28. The third-order valence-electron chi connectivity index (χ3n) is 1.98. The molecule has 1 saturated heterocycles. The quantitative estimate of drug-likeness (QED) is 0.489. The summed E-state index contributed by atoms with van der Waals surface area (Å²) < 4.78 is 4.87. The number of rotatable bonds is 5. The molecule has 0 aliphatic carbocycles. The number of carboxylic acid groups (broad SMARTS) is 1. The predicted octanol–water partition coefficient (Wildman–Crippen LogP) is -2.34. The maximum absolute atomic E-state index is 9.99. The molecule has 1 aliphatic heterocycles. The minimum atomic E-state index is -1.15. The van der Waals surface area contributed by atoms with E-state index in [9.17, 15) is 9.90 Å². The van der Waals surface area contributed by atoms with E-state index in [1.807, 2.05) is 0 Å². The van der Waals surface area contributed by atoms with E-state index in [0.29, 0.717) is 6.61 Å². The van der Waals surface area contributed by atoms with Gasteiger partial charge in [-0.1, -0.05) is 0 Å². The van der Waals surface area contributed by atoms with Crippen LogP contribution >= 0.6 is 0 Å². The van der Waals surface area contributed by atoms with Crippen molar-refractivity contribution in [1.82, 2.24) is 10.2 Å². The Bertz CT molecular complexity index is 157. The zero-order valence-corrected chi connectivity index (χ0v) is 7.62. The van der Waals surface area contributed by atoms with Gasteiger partial charge in [0.25, 0.3) is 0 Å². The van der Waals surface area contributed by atoms with Crippen molar-refractivity contribution < 1.29 is 14.6 Å². The number of carboxylic acids is 1. The van der Waals surface area contributed by atoms with Gasteiger partial charge in [0.05, 0.1) is 19.2 Å². The van der Waals surface area contributed by atoms with E-state index < -0.39 is 5.97 Å². The van der Waals surface area contributed by atoms with E-state index in [-0.39, 0.29) is 6.61 Å². The zero-order valence-electron chi connectivity index (χ0n) is 7.62. The molecule has 1 aliphatic rings. The molecular formula is C8H15N2O3-. The van der Waals surface area contributed by atoms with Crippen LogP contribution in [0.1, 0.15) is 0 Å². The Morgan fingerprint density at radius 3 is 2.77 bits per heavy atom. The summed E-state index contributed by atoms with van der Waals surface area (Å²) >= 11 is 0. The summed E-state index contributed by atoms with van der Waals surface area (Å²) in [5.41, 5.74) is 0. The van der Waals surface area contributed by atoms with Gasteiger partial charge in [0, 0.05) is 32.7 Å². The summed E-state index contributed by atoms with van der Waals surface area (Å²) in [7, 11) is 0. The molecule has 0 unspecified atom stereocenters. The summed E-state index contributed by atoms with van der Waals surface area (Å²) in [6, 6.07) is 0. The minimum Gasteiger partial charge on any atom is -0.548 e. The lowest BCUT2D eigenvalue weighted by Crippen LogP contribution is -2.44. The lowest BCUT2D eigenvalue weighted by Gasteiger charge is -2.26. The fraction of sp³-hybridized carbons (Fsp3) is 0.875. The van der Waals surface area contributed by atoms with Gasteiger partial charge in [-0.15, -0.1) is 0 Å². The van der Waals surface area contributed by atoms with Gasteiger partial charge >= 0.3 is 0 Å². The third-order valence-corrected chi connectivity index (χ3v) is 1.98. The first-order valence-corrected chi connectivity index (χ1v) is 4.49. The highest BCUT2D eigenvalue weighted by atomic mass is 16.5. The molecule has 1 N–H and O–H groups in total. The molecule has 0 aromatic rings. The average Bonchev–Trinajstić information content (AvgIpc) is 2.14. The molecule has 13 heavy (non-hydrogen) atoms. The molecule has 0 spiro atoms. The summed E-state index contributed by atoms with van der Waals surface area (Å²) in [6.07, 6.45) is 0. The zero-order chi connectivity index (χ0) is 9.52. The van der Waals surface area contributed by atoms with Crippen molar-refractivity contribution in [3.8, 4) is 0 Å². The first kappa shape index (κ1) is 10.4. The maximum atomic E-state index is 9.99. The van der Waals surface area contributed by atoms with Gasteiger partial charge < -0.3 is 20.0 Å². The molecule has 0 saturated carbocycles. The summed E-state index contributed by atoms with van der Waals surface area (Å²) in [6.45, 7) is 4.99. The normalized spacial score (nSPS) is 18.8. The van der Waals surface area contributed by atoms with Gasteiger partial charge in [-0.2, -0.15) is 0 Å². The lowest BCUT2D eigenvalue weighted by atomic mass is 10.4.